The normalized spacial score (nSPS) is 28.6. The monoisotopic (exact) mass is 249 g/mol. The summed E-state index contributed by atoms with van der Waals surface area (Å²) in [4.78, 5) is 0. The molecule has 1 aromatic heterocycles. The number of nitrogens with one attached hydrogen (secondary N) is 1. The molecular formula is C15H27N3. The zero-order chi connectivity index (χ0) is 13.1. The second-order valence-electron chi connectivity index (χ2n) is 5.98. The van der Waals surface area contributed by atoms with E-state index in [1.165, 1.54) is 25.0 Å². The van der Waals surface area contributed by atoms with Crippen molar-refractivity contribution in [3.63, 3.8) is 0 Å². The summed E-state index contributed by atoms with van der Waals surface area (Å²) < 4.78 is 2.11. The van der Waals surface area contributed by atoms with Crippen LogP contribution in [0.3, 0.4) is 0 Å². The van der Waals surface area contributed by atoms with Crippen molar-refractivity contribution in [1.82, 2.24) is 15.1 Å². The Bertz CT molecular complexity index is 383. The number of rotatable bonds is 4. The van der Waals surface area contributed by atoms with Gasteiger partial charge in [-0.25, -0.2) is 0 Å². The van der Waals surface area contributed by atoms with Crippen LogP contribution in [0.4, 0.5) is 0 Å². The summed E-state index contributed by atoms with van der Waals surface area (Å²) in [6.45, 7) is 10.9. The van der Waals surface area contributed by atoms with Gasteiger partial charge in [0.25, 0.3) is 0 Å². The number of hydrogen-bond donors (Lipinski definition) is 1. The molecule has 0 bridgehead atoms. The molecule has 3 heteroatoms. The van der Waals surface area contributed by atoms with Crippen LogP contribution in [0.5, 0.6) is 0 Å². The third-order valence-electron chi connectivity index (χ3n) is 4.26. The molecule has 1 aromatic rings. The third kappa shape index (κ3) is 3.14. The maximum atomic E-state index is 4.50. The van der Waals surface area contributed by atoms with E-state index in [-0.39, 0.29) is 0 Å². The van der Waals surface area contributed by atoms with Gasteiger partial charge in [-0.15, -0.1) is 0 Å². The van der Waals surface area contributed by atoms with Crippen molar-refractivity contribution in [2.24, 2.45) is 11.8 Å². The fourth-order valence-electron chi connectivity index (χ4n) is 3.22. The van der Waals surface area contributed by atoms with Crippen molar-refractivity contribution in [2.45, 2.75) is 66.1 Å². The van der Waals surface area contributed by atoms with Crippen LogP contribution in [0.25, 0.3) is 0 Å². The highest BCUT2D eigenvalue weighted by Crippen LogP contribution is 2.28. The SMILES string of the molecule is CCn1nc(C)cc1CNC1CCC(C)CC1C. The van der Waals surface area contributed by atoms with E-state index in [4.69, 9.17) is 0 Å². The molecule has 2 rings (SSSR count). The van der Waals surface area contributed by atoms with Crippen LogP contribution in [0, 0.1) is 18.8 Å². The predicted octanol–water partition coefficient (Wildman–Crippen LogP) is 3.13. The Morgan fingerprint density at radius 1 is 1.39 bits per heavy atom. The van der Waals surface area contributed by atoms with Gasteiger partial charge >= 0.3 is 0 Å². The summed E-state index contributed by atoms with van der Waals surface area (Å²) in [5.41, 5.74) is 2.44. The molecule has 0 aromatic carbocycles. The summed E-state index contributed by atoms with van der Waals surface area (Å²) in [6, 6.07) is 2.88. The molecule has 1 fully saturated rings. The molecule has 0 aliphatic heterocycles. The molecule has 1 N–H and O–H groups in total. The van der Waals surface area contributed by atoms with Crippen LogP contribution in [-0.4, -0.2) is 15.8 Å². The van der Waals surface area contributed by atoms with Crippen molar-refractivity contribution in [1.29, 1.82) is 0 Å². The Kier molecular flexibility index (Phi) is 4.44. The molecule has 0 amide bonds. The molecule has 1 saturated carbocycles. The molecule has 1 aliphatic carbocycles. The van der Waals surface area contributed by atoms with Gasteiger partial charge in [-0.05, 0) is 51.0 Å². The van der Waals surface area contributed by atoms with Crippen molar-refractivity contribution in [3.05, 3.63) is 17.5 Å². The van der Waals surface area contributed by atoms with Crippen molar-refractivity contribution < 1.29 is 0 Å². The van der Waals surface area contributed by atoms with Crippen LogP contribution in [0.1, 0.15) is 51.4 Å². The topological polar surface area (TPSA) is 29.9 Å². The molecule has 18 heavy (non-hydrogen) atoms. The van der Waals surface area contributed by atoms with Gasteiger partial charge in [0, 0.05) is 19.1 Å². The van der Waals surface area contributed by atoms with Crippen LogP contribution >= 0.6 is 0 Å². The number of aromatic nitrogens is 2. The first kappa shape index (κ1) is 13.6. The van der Waals surface area contributed by atoms with E-state index in [0.717, 1.165) is 30.6 Å². The zero-order valence-corrected chi connectivity index (χ0v) is 12.2. The van der Waals surface area contributed by atoms with Crippen molar-refractivity contribution in [2.75, 3.05) is 0 Å². The average Bonchev–Trinajstić information content (AvgIpc) is 2.68. The van der Waals surface area contributed by atoms with E-state index < -0.39 is 0 Å². The summed E-state index contributed by atoms with van der Waals surface area (Å²) in [5.74, 6) is 1.70. The van der Waals surface area contributed by atoms with Crippen LogP contribution < -0.4 is 5.32 Å². The quantitative estimate of drug-likeness (QED) is 0.888. The molecule has 102 valence electrons. The Labute approximate surface area is 111 Å². The highest BCUT2D eigenvalue weighted by atomic mass is 15.3. The minimum atomic E-state index is 0.682. The van der Waals surface area contributed by atoms with Gasteiger partial charge in [-0.1, -0.05) is 13.8 Å². The summed E-state index contributed by atoms with van der Waals surface area (Å²) >= 11 is 0. The van der Waals surface area contributed by atoms with Crippen molar-refractivity contribution >= 4 is 0 Å². The van der Waals surface area contributed by atoms with Gasteiger partial charge in [-0.2, -0.15) is 5.10 Å². The maximum Gasteiger partial charge on any atom is 0.0597 e. The molecule has 1 heterocycles. The molecular weight excluding hydrogens is 222 g/mol. The number of nitrogens with zero attached hydrogens (tertiary/aromatic N) is 2. The highest BCUT2D eigenvalue weighted by Gasteiger charge is 2.24. The second kappa shape index (κ2) is 5.87. The Balaban J connectivity index is 1.91. The molecule has 0 saturated heterocycles. The van der Waals surface area contributed by atoms with E-state index in [1.54, 1.807) is 0 Å². The van der Waals surface area contributed by atoms with Gasteiger partial charge in [0.2, 0.25) is 0 Å². The zero-order valence-electron chi connectivity index (χ0n) is 12.2. The average molecular weight is 249 g/mol. The Hall–Kier alpha value is -0.830. The third-order valence-corrected chi connectivity index (χ3v) is 4.26. The maximum absolute atomic E-state index is 4.50. The van der Waals surface area contributed by atoms with Gasteiger partial charge in [-0.3, -0.25) is 4.68 Å². The fraction of sp³-hybridized carbons (Fsp3) is 0.800. The number of aryl methyl sites for hydroxylation is 2. The van der Waals surface area contributed by atoms with E-state index in [1.807, 2.05) is 0 Å². The molecule has 0 spiro atoms. The van der Waals surface area contributed by atoms with E-state index in [0.29, 0.717) is 6.04 Å². The fourth-order valence-corrected chi connectivity index (χ4v) is 3.22. The molecule has 1 aliphatic rings. The molecule has 0 radical (unpaired) electrons. The molecule has 3 atom stereocenters. The first-order valence-corrected chi connectivity index (χ1v) is 7.36. The van der Waals surface area contributed by atoms with Gasteiger partial charge < -0.3 is 5.32 Å². The first-order valence-electron chi connectivity index (χ1n) is 7.36. The van der Waals surface area contributed by atoms with Crippen LogP contribution in [0.2, 0.25) is 0 Å². The lowest BCUT2D eigenvalue weighted by molar-refractivity contribution is 0.226. The molecule has 3 unspecified atom stereocenters. The molecule has 3 nitrogen and oxygen atoms in total. The van der Waals surface area contributed by atoms with Gasteiger partial charge in [0.1, 0.15) is 0 Å². The minimum Gasteiger partial charge on any atom is -0.308 e. The van der Waals surface area contributed by atoms with Crippen LogP contribution in [-0.2, 0) is 13.1 Å². The largest absolute Gasteiger partial charge is 0.308 e. The standard InChI is InChI=1S/C15H27N3/c1-5-18-14(9-13(4)17-18)10-16-15-7-6-11(2)8-12(15)3/h9,11-12,15-16H,5-8,10H2,1-4H3. The number of hydrogen-bond acceptors (Lipinski definition) is 2. The summed E-state index contributed by atoms with van der Waals surface area (Å²) in [6.07, 6.45) is 4.05. The minimum absolute atomic E-state index is 0.682. The first-order chi connectivity index (χ1) is 8.60. The lowest BCUT2D eigenvalue weighted by Gasteiger charge is -2.33. The lowest BCUT2D eigenvalue weighted by Crippen LogP contribution is -2.39. The summed E-state index contributed by atoms with van der Waals surface area (Å²) in [5, 5.41) is 8.24. The van der Waals surface area contributed by atoms with Crippen LogP contribution in [0.15, 0.2) is 6.07 Å². The highest BCUT2D eigenvalue weighted by molar-refractivity contribution is 5.09. The van der Waals surface area contributed by atoms with Gasteiger partial charge in [0.15, 0.2) is 0 Å². The van der Waals surface area contributed by atoms with E-state index in [2.05, 4.69) is 48.9 Å². The second-order valence-corrected chi connectivity index (χ2v) is 5.98. The van der Waals surface area contributed by atoms with E-state index in [9.17, 15) is 0 Å². The predicted molar refractivity (Wildman–Crippen MR) is 75.4 cm³/mol. The lowest BCUT2D eigenvalue weighted by atomic mass is 9.80. The summed E-state index contributed by atoms with van der Waals surface area (Å²) in [7, 11) is 0. The Morgan fingerprint density at radius 2 is 2.17 bits per heavy atom. The van der Waals surface area contributed by atoms with E-state index >= 15 is 0 Å². The smallest absolute Gasteiger partial charge is 0.0597 e. The Morgan fingerprint density at radius 3 is 2.83 bits per heavy atom. The van der Waals surface area contributed by atoms with Crippen molar-refractivity contribution in [3.8, 4) is 0 Å². The van der Waals surface area contributed by atoms with Gasteiger partial charge in [0.05, 0.1) is 11.4 Å².